The Hall–Kier alpha value is -0.520. The predicted molar refractivity (Wildman–Crippen MR) is 47.7 cm³/mol. The maximum atomic E-state index is 2.22. The number of hydrogen-bond donors (Lipinski definition) is 0. The van der Waals surface area contributed by atoms with Crippen LogP contribution < -0.4 is 0 Å². The van der Waals surface area contributed by atoms with Gasteiger partial charge in [0.1, 0.15) is 0 Å². The van der Waals surface area contributed by atoms with Gasteiger partial charge in [-0.3, -0.25) is 0 Å². The molecule has 0 aliphatic heterocycles. The molecule has 1 aliphatic carbocycles. The maximum Gasteiger partial charge on any atom is -0.00987 e. The summed E-state index contributed by atoms with van der Waals surface area (Å²) in [6.45, 7) is 6.20. The first-order chi connectivity index (χ1) is 4.93. The number of allylic oxidation sites excluding steroid dienone is 4. The minimum absolute atomic E-state index is 0.694. The Labute approximate surface area is 64.6 Å². The molecule has 0 saturated carbocycles. The van der Waals surface area contributed by atoms with Crippen molar-refractivity contribution in [3.05, 3.63) is 30.7 Å². The molecule has 57 valence electrons. The molecule has 1 atom stereocenters. The van der Waals surface area contributed by atoms with E-state index in [-0.39, 0.29) is 0 Å². The topological polar surface area (TPSA) is 0 Å². The fourth-order valence-electron chi connectivity index (χ4n) is 0.814. The molecule has 0 fully saturated rings. The highest BCUT2D eigenvalue weighted by Crippen LogP contribution is 2.12. The van der Waals surface area contributed by atoms with E-state index in [1.54, 1.807) is 0 Å². The Morgan fingerprint density at radius 3 is 2.10 bits per heavy atom. The van der Waals surface area contributed by atoms with Crippen molar-refractivity contribution in [3.63, 3.8) is 0 Å². The van der Waals surface area contributed by atoms with Gasteiger partial charge in [-0.2, -0.15) is 0 Å². The van der Waals surface area contributed by atoms with Crippen molar-refractivity contribution < 1.29 is 0 Å². The van der Waals surface area contributed by atoms with Crippen LogP contribution in [0.5, 0.6) is 0 Å². The average Bonchev–Trinajstić information content (AvgIpc) is 2.10. The SMILES string of the molecule is CC.CCC1[CH]C=CC=C1. The Balaban J connectivity index is 0.000000371. The zero-order valence-electron chi connectivity index (χ0n) is 7.17. The van der Waals surface area contributed by atoms with Crippen LogP contribution in [0.3, 0.4) is 0 Å². The molecule has 0 N–H and O–H groups in total. The molecule has 10 heavy (non-hydrogen) atoms. The molecule has 0 saturated heterocycles. The Morgan fingerprint density at radius 1 is 1.10 bits per heavy atom. The highest BCUT2D eigenvalue weighted by Gasteiger charge is 1.99. The summed E-state index contributed by atoms with van der Waals surface area (Å²) in [4.78, 5) is 0. The summed E-state index contributed by atoms with van der Waals surface area (Å²) < 4.78 is 0. The third kappa shape index (κ3) is 3.49. The van der Waals surface area contributed by atoms with Crippen molar-refractivity contribution in [1.82, 2.24) is 0 Å². The first-order valence-electron chi connectivity index (χ1n) is 4.12. The lowest BCUT2D eigenvalue weighted by Crippen LogP contribution is -1.94. The van der Waals surface area contributed by atoms with E-state index in [2.05, 4.69) is 37.6 Å². The monoisotopic (exact) mass is 137 g/mol. The molecule has 0 spiro atoms. The summed E-state index contributed by atoms with van der Waals surface area (Å²) in [6, 6.07) is 0. The van der Waals surface area contributed by atoms with Gasteiger partial charge in [0.15, 0.2) is 0 Å². The molecule has 0 aromatic carbocycles. The standard InChI is InChI=1S/C8H11.C2H6/c1-2-8-6-4-3-5-7-8;1-2/h3-8H,2H2,1H3;1-2H3. The first kappa shape index (κ1) is 9.48. The number of rotatable bonds is 1. The fourth-order valence-corrected chi connectivity index (χ4v) is 0.814. The second-order valence-electron chi connectivity index (χ2n) is 2.03. The van der Waals surface area contributed by atoms with E-state index >= 15 is 0 Å². The van der Waals surface area contributed by atoms with Gasteiger partial charge in [0.25, 0.3) is 0 Å². The van der Waals surface area contributed by atoms with Gasteiger partial charge in [-0.1, -0.05) is 45.1 Å². The van der Waals surface area contributed by atoms with Crippen LogP contribution in [0.1, 0.15) is 27.2 Å². The molecule has 1 radical (unpaired) electrons. The van der Waals surface area contributed by atoms with Gasteiger partial charge in [-0.05, 0) is 18.8 Å². The van der Waals surface area contributed by atoms with E-state index < -0.39 is 0 Å². The Morgan fingerprint density at radius 2 is 1.80 bits per heavy atom. The van der Waals surface area contributed by atoms with Gasteiger partial charge in [0, 0.05) is 0 Å². The summed E-state index contributed by atoms with van der Waals surface area (Å²) in [5.41, 5.74) is 0. The van der Waals surface area contributed by atoms with Crippen molar-refractivity contribution in [2.75, 3.05) is 0 Å². The van der Waals surface area contributed by atoms with Gasteiger partial charge in [-0.15, -0.1) is 0 Å². The molecule has 0 aromatic heterocycles. The normalized spacial score (nSPS) is 21.7. The van der Waals surface area contributed by atoms with Gasteiger partial charge in [-0.25, -0.2) is 0 Å². The third-order valence-corrected chi connectivity index (χ3v) is 1.41. The predicted octanol–water partition coefficient (Wildman–Crippen LogP) is 3.37. The largest absolute Gasteiger partial charge is 0.0808 e. The quantitative estimate of drug-likeness (QED) is 0.520. The van der Waals surface area contributed by atoms with E-state index in [4.69, 9.17) is 0 Å². The third-order valence-electron chi connectivity index (χ3n) is 1.41. The Bertz CT molecular complexity index is 109. The summed E-state index contributed by atoms with van der Waals surface area (Å²) >= 11 is 0. The molecule has 0 heteroatoms. The molecule has 0 bridgehead atoms. The van der Waals surface area contributed by atoms with Crippen LogP contribution in [0, 0.1) is 12.3 Å². The lowest BCUT2D eigenvalue weighted by molar-refractivity contribution is 0.734. The highest BCUT2D eigenvalue weighted by molar-refractivity contribution is 5.18. The summed E-state index contributed by atoms with van der Waals surface area (Å²) in [5.74, 6) is 0.694. The number of hydrogen-bond acceptors (Lipinski definition) is 0. The highest BCUT2D eigenvalue weighted by atomic mass is 14.0. The summed E-state index contributed by atoms with van der Waals surface area (Å²) in [6.07, 6.45) is 11.9. The van der Waals surface area contributed by atoms with Crippen LogP contribution in [-0.4, -0.2) is 0 Å². The first-order valence-corrected chi connectivity index (χ1v) is 4.12. The van der Waals surface area contributed by atoms with Gasteiger partial charge in [0.2, 0.25) is 0 Å². The smallest absolute Gasteiger partial charge is 0.00987 e. The van der Waals surface area contributed by atoms with Crippen LogP contribution in [0.15, 0.2) is 24.3 Å². The second-order valence-corrected chi connectivity index (χ2v) is 2.03. The van der Waals surface area contributed by atoms with E-state index in [1.165, 1.54) is 6.42 Å². The van der Waals surface area contributed by atoms with Crippen molar-refractivity contribution in [2.24, 2.45) is 5.92 Å². The van der Waals surface area contributed by atoms with Gasteiger partial charge >= 0.3 is 0 Å². The van der Waals surface area contributed by atoms with E-state index in [9.17, 15) is 0 Å². The average molecular weight is 137 g/mol. The molecule has 1 unspecified atom stereocenters. The zero-order valence-corrected chi connectivity index (χ0v) is 7.17. The van der Waals surface area contributed by atoms with E-state index in [1.807, 2.05) is 13.8 Å². The zero-order chi connectivity index (χ0) is 7.82. The lowest BCUT2D eigenvalue weighted by Gasteiger charge is -2.07. The lowest BCUT2D eigenvalue weighted by atomic mass is 9.99. The van der Waals surface area contributed by atoms with Crippen molar-refractivity contribution in [1.29, 1.82) is 0 Å². The minimum atomic E-state index is 0.694. The molecule has 0 nitrogen and oxygen atoms in total. The second kappa shape index (κ2) is 6.60. The van der Waals surface area contributed by atoms with E-state index in [0.717, 1.165) is 0 Å². The molecule has 1 rings (SSSR count). The summed E-state index contributed by atoms with van der Waals surface area (Å²) in [7, 11) is 0. The summed E-state index contributed by atoms with van der Waals surface area (Å²) in [5, 5.41) is 0. The van der Waals surface area contributed by atoms with Crippen molar-refractivity contribution in [2.45, 2.75) is 27.2 Å². The maximum absolute atomic E-state index is 2.22. The van der Waals surface area contributed by atoms with Crippen LogP contribution in [0.4, 0.5) is 0 Å². The molecular weight excluding hydrogens is 120 g/mol. The fraction of sp³-hybridized carbons (Fsp3) is 0.500. The molecule has 0 heterocycles. The van der Waals surface area contributed by atoms with E-state index in [0.29, 0.717) is 5.92 Å². The molecule has 0 amide bonds. The van der Waals surface area contributed by atoms with Crippen LogP contribution in [-0.2, 0) is 0 Å². The van der Waals surface area contributed by atoms with Crippen LogP contribution in [0.25, 0.3) is 0 Å². The Kier molecular flexibility index (Phi) is 6.25. The minimum Gasteiger partial charge on any atom is -0.0808 e. The van der Waals surface area contributed by atoms with Gasteiger partial charge < -0.3 is 0 Å². The molecule has 1 aliphatic rings. The van der Waals surface area contributed by atoms with Crippen LogP contribution >= 0.6 is 0 Å². The van der Waals surface area contributed by atoms with Gasteiger partial charge in [0.05, 0.1) is 0 Å². The van der Waals surface area contributed by atoms with Crippen LogP contribution in [0.2, 0.25) is 0 Å². The van der Waals surface area contributed by atoms with Crippen molar-refractivity contribution in [3.8, 4) is 0 Å². The van der Waals surface area contributed by atoms with Crippen molar-refractivity contribution >= 4 is 0 Å². The molecule has 0 aromatic rings. The molecular formula is C10H17.